The number of halogens is 1. The molecule has 2 saturated carbocycles. The molecule has 1 saturated heterocycles. The first kappa shape index (κ1) is 20.1. The van der Waals surface area contributed by atoms with Gasteiger partial charge in [0.15, 0.2) is 12.4 Å². The van der Waals surface area contributed by atoms with Gasteiger partial charge in [0.2, 0.25) is 11.8 Å². The summed E-state index contributed by atoms with van der Waals surface area (Å²) in [7, 11) is 0. The fraction of sp³-hybridized carbons (Fsp3) is 0.333. The minimum absolute atomic E-state index is 0.113. The van der Waals surface area contributed by atoms with Gasteiger partial charge in [-0.3, -0.25) is 19.3 Å². The molecule has 1 aliphatic heterocycles. The monoisotopic (exact) mass is 481 g/mol. The molecule has 158 valence electrons. The van der Waals surface area contributed by atoms with Crippen LogP contribution in [-0.4, -0.2) is 30.2 Å². The van der Waals surface area contributed by atoms with Gasteiger partial charge in [-0.15, -0.1) is 0 Å². The zero-order valence-corrected chi connectivity index (χ0v) is 18.2. The number of anilines is 1. The molecule has 7 heteroatoms. The summed E-state index contributed by atoms with van der Waals surface area (Å²) in [6.45, 7) is -0.364. The predicted molar refractivity (Wildman–Crippen MR) is 116 cm³/mol. The molecule has 2 bridgehead atoms. The first-order valence-corrected chi connectivity index (χ1v) is 11.2. The van der Waals surface area contributed by atoms with E-state index in [2.05, 4.69) is 15.9 Å². The molecule has 2 aromatic carbocycles. The molecule has 0 radical (unpaired) electrons. The highest BCUT2D eigenvalue weighted by Crippen LogP contribution is 2.56. The van der Waals surface area contributed by atoms with Crippen LogP contribution in [0, 0.1) is 23.7 Å². The fourth-order valence-corrected chi connectivity index (χ4v) is 5.61. The van der Waals surface area contributed by atoms with E-state index in [0.717, 1.165) is 23.7 Å². The third kappa shape index (κ3) is 3.41. The zero-order valence-electron chi connectivity index (χ0n) is 16.6. The van der Waals surface area contributed by atoms with Crippen molar-refractivity contribution < 1.29 is 23.9 Å². The largest absolute Gasteiger partial charge is 0.454 e. The van der Waals surface area contributed by atoms with Crippen LogP contribution in [0.2, 0.25) is 0 Å². The number of ketones is 1. The second-order valence-corrected chi connectivity index (χ2v) is 9.37. The number of fused-ring (bicyclic) bond motifs is 5. The minimum atomic E-state index is -0.633. The lowest BCUT2D eigenvalue weighted by atomic mass is 9.81. The average molecular weight is 482 g/mol. The molecular weight excluding hydrogens is 462 g/mol. The second-order valence-electron chi connectivity index (χ2n) is 8.45. The van der Waals surface area contributed by atoms with Crippen LogP contribution in [-0.2, 0) is 14.3 Å². The van der Waals surface area contributed by atoms with Crippen LogP contribution < -0.4 is 4.90 Å². The lowest BCUT2D eigenvalue weighted by Gasteiger charge is -2.19. The van der Waals surface area contributed by atoms with E-state index in [1.807, 2.05) is 0 Å². The van der Waals surface area contributed by atoms with E-state index in [1.165, 1.54) is 17.0 Å². The third-order valence-corrected chi connectivity index (χ3v) is 7.32. The van der Waals surface area contributed by atoms with Crippen LogP contribution in [0.5, 0.6) is 0 Å². The number of carbonyl (C=O) groups excluding carboxylic acids is 4. The Morgan fingerprint density at radius 1 is 0.871 bits per heavy atom. The van der Waals surface area contributed by atoms with Crippen molar-refractivity contribution in [3.63, 3.8) is 0 Å². The van der Waals surface area contributed by atoms with Crippen LogP contribution in [0.4, 0.5) is 5.69 Å². The molecule has 1 heterocycles. The summed E-state index contributed by atoms with van der Waals surface area (Å²) in [4.78, 5) is 51.6. The quantitative estimate of drug-likeness (QED) is 0.365. The van der Waals surface area contributed by atoms with Crippen molar-refractivity contribution in [1.29, 1.82) is 0 Å². The summed E-state index contributed by atoms with van der Waals surface area (Å²) in [5.74, 6) is -0.864. The number of benzene rings is 2. The molecule has 0 unspecified atom stereocenters. The van der Waals surface area contributed by atoms with Crippen molar-refractivity contribution in [2.24, 2.45) is 23.7 Å². The predicted octanol–water partition coefficient (Wildman–Crippen LogP) is 4.02. The number of hydrogen-bond donors (Lipinski definition) is 0. The maximum Gasteiger partial charge on any atom is 0.338 e. The Morgan fingerprint density at radius 2 is 1.42 bits per heavy atom. The van der Waals surface area contributed by atoms with E-state index in [1.54, 1.807) is 36.4 Å². The molecule has 2 amide bonds. The Balaban J connectivity index is 1.24. The smallest absolute Gasteiger partial charge is 0.338 e. The number of nitrogens with zero attached hydrogens (tertiary/aromatic N) is 1. The normalized spacial score (nSPS) is 26.3. The van der Waals surface area contributed by atoms with Gasteiger partial charge in [0.05, 0.1) is 23.1 Å². The highest BCUT2D eigenvalue weighted by molar-refractivity contribution is 9.10. The molecule has 31 heavy (non-hydrogen) atoms. The summed E-state index contributed by atoms with van der Waals surface area (Å²) in [6, 6.07) is 13.0. The minimum Gasteiger partial charge on any atom is -0.454 e. The van der Waals surface area contributed by atoms with Gasteiger partial charge < -0.3 is 4.74 Å². The highest BCUT2D eigenvalue weighted by Gasteiger charge is 2.61. The van der Waals surface area contributed by atoms with E-state index in [4.69, 9.17) is 4.74 Å². The van der Waals surface area contributed by atoms with Gasteiger partial charge in [-0.2, -0.15) is 0 Å². The fourth-order valence-electron chi connectivity index (χ4n) is 5.34. The lowest BCUT2D eigenvalue weighted by molar-refractivity contribution is -0.123. The summed E-state index contributed by atoms with van der Waals surface area (Å²) in [5, 5.41) is 0. The third-order valence-electron chi connectivity index (χ3n) is 6.79. The molecule has 4 atom stereocenters. The van der Waals surface area contributed by atoms with E-state index < -0.39 is 5.97 Å². The average Bonchev–Trinajstić information content (AvgIpc) is 3.46. The van der Waals surface area contributed by atoms with Crippen molar-refractivity contribution in [3.8, 4) is 0 Å². The van der Waals surface area contributed by atoms with Crippen molar-refractivity contribution in [2.45, 2.75) is 19.3 Å². The van der Waals surface area contributed by atoms with Crippen molar-refractivity contribution >= 4 is 45.2 Å². The van der Waals surface area contributed by atoms with Gasteiger partial charge >= 0.3 is 5.97 Å². The number of esters is 1. The summed E-state index contributed by atoms with van der Waals surface area (Å²) < 4.78 is 5.99. The molecule has 2 aromatic rings. The number of Topliss-reactive ketones (excluding diaryl/α,β-unsaturated/α-hetero) is 1. The SMILES string of the molecule is O=C(COC(=O)c1ccc(N2C(=O)[C@H]3[C@H]4CC[C@@H](C4)[C@@H]3C2=O)cc1)c1ccc(Br)cc1. The first-order chi connectivity index (χ1) is 14.9. The molecule has 3 fully saturated rings. The highest BCUT2D eigenvalue weighted by atomic mass is 79.9. The van der Waals surface area contributed by atoms with Crippen LogP contribution in [0.15, 0.2) is 53.0 Å². The van der Waals surface area contributed by atoms with Gasteiger partial charge in [-0.1, -0.05) is 28.1 Å². The molecular formula is C24H20BrNO5. The van der Waals surface area contributed by atoms with Gasteiger partial charge in [-0.25, -0.2) is 4.79 Å². The molecule has 5 rings (SSSR count). The van der Waals surface area contributed by atoms with Gasteiger partial charge in [0.1, 0.15) is 0 Å². The molecule has 6 nitrogen and oxygen atoms in total. The Morgan fingerprint density at radius 3 is 2.00 bits per heavy atom. The van der Waals surface area contributed by atoms with Crippen LogP contribution in [0.25, 0.3) is 0 Å². The molecule has 0 aromatic heterocycles. The molecule has 3 aliphatic rings. The Kier molecular flexibility index (Phi) is 5.01. The Bertz CT molecular complexity index is 1050. The Hall–Kier alpha value is -2.80. The Labute approximate surface area is 187 Å². The number of ether oxygens (including phenoxy) is 1. The van der Waals surface area contributed by atoms with E-state index in [9.17, 15) is 19.2 Å². The second kappa shape index (κ2) is 7.71. The van der Waals surface area contributed by atoms with Gasteiger partial charge in [0, 0.05) is 10.0 Å². The summed E-state index contributed by atoms with van der Waals surface area (Å²) in [6.07, 6.45) is 3.05. The van der Waals surface area contributed by atoms with Crippen LogP contribution in [0.1, 0.15) is 40.0 Å². The number of carbonyl (C=O) groups is 4. The van der Waals surface area contributed by atoms with Crippen LogP contribution in [0.3, 0.4) is 0 Å². The number of amides is 2. The standard InChI is InChI=1S/C24H20BrNO5/c25-17-7-3-13(4-8-17)19(27)12-31-24(30)14-5-9-18(10-6-14)26-22(28)20-15-1-2-16(11-15)21(20)23(26)29/h3-10,15-16,20-21H,1-2,11-12H2/t15-,16-,20-,21-/m0/s1. The number of hydrogen-bond acceptors (Lipinski definition) is 5. The molecule has 0 spiro atoms. The number of imide groups is 1. The van der Waals surface area contributed by atoms with Crippen molar-refractivity contribution in [3.05, 3.63) is 64.1 Å². The summed E-state index contributed by atoms with van der Waals surface area (Å²) >= 11 is 3.31. The van der Waals surface area contributed by atoms with Crippen molar-refractivity contribution in [2.75, 3.05) is 11.5 Å². The molecule has 2 aliphatic carbocycles. The molecule has 0 N–H and O–H groups in total. The first-order valence-electron chi connectivity index (χ1n) is 10.4. The van der Waals surface area contributed by atoms with Crippen molar-refractivity contribution in [1.82, 2.24) is 0 Å². The van der Waals surface area contributed by atoms with E-state index >= 15 is 0 Å². The number of rotatable bonds is 5. The topological polar surface area (TPSA) is 80.8 Å². The van der Waals surface area contributed by atoms with Gasteiger partial charge in [0.25, 0.3) is 0 Å². The maximum atomic E-state index is 12.9. The zero-order chi connectivity index (χ0) is 21.7. The van der Waals surface area contributed by atoms with Gasteiger partial charge in [-0.05, 0) is 67.5 Å². The van der Waals surface area contributed by atoms with Crippen LogP contribution >= 0.6 is 15.9 Å². The summed E-state index contributed by atoms with van der Waals surface area (Å²) in [5.41, 5.74) is 1.19. The van der Waals surface area contributed by atoms with E-state index in [-0.39, 0.29) is 41.6 Å². The lowest BCUT2D eigenvalue weighted by Crippen LogP contribution is -2.32. The van der Waals surface area contributed by atoms with E-state index in [0.29, 0.717) is 23.1 Å². The maximum absolute atomic E-state index is 12.9.